The summed E-state index contributed by atoms with van der Waals surface area (Å²) in [6.45, 7) is 2.49. The van der Waals surface area contributed by atoms with E-state index in [9.17, 15) is 0 Å². The van der Waals surface area contributed by atoms with Crippen LogP contribution in [0, 0.1) is 5.92 Å². The van der Waals surface area contributed by atoms with Crippen LogP contribution >= 0.6 is 0 Å². The van der Waals surface area contributed by atoms with Crippen LogP contribution in [0.5, 0.6) is 0 Å². The highest BCUT2D eigenvalue weighted by atomic mass is 16.5. The van der Waals surface area contributed by atoms with E-state index in [0.717, 1.165) is 37.3 Å². The number of anilines is 2. The largest absolute Gasteiger partial charge is 0.379 e. The minimum absolute atomic E-state index is 0.752. The molecular formula is C12H19N3O. The van der Waals surface area contributed by atoms with Crippen LogP contribution in [-0.2, 0) is 4.74 Å². The van der Waals surface area contributed by atoms with Gasteiger partial charge in [-0.1, -0.05) is 6.07 Å². The number of pyridine rings is 1. The summed E-state index contributed by atoms with van der Waals surface area (Å²) in [4.78, 5) is 4.36. The zero-order chi connectivity index (χ0) is 11.2. The zero-order valence-corrected chi connectivity index (χ0v) is 9.70. The number of nitrogens with zero attached hydrogens (tertiary/aromatic N) is 1. The molecule has 4 nitrogen and oxygen atoms in total. The van der Waals surface area contributed by atoms with Gasteiger partial charge in [-0.25, -0.2) is 4.98 Å². The number of aromatic nitrogens is 1. The molecule has 1 fully saturated rings. The average molecular weight is 221 g/mol. The summed E-state index contributed by atoms with van der Waals surface area (Å²) in [5.74, 6) is 2.61. The van der Waals surface area contributed by atoms with Crippen molar-refractivity contribution < 1.29 is 4.74 Å². The third-order valence-corrected chi connectivity index (χ3v) is 2.61. The van der Waals surface area contributed by atoms with E-state index >= 15 is 0 Å². The van der Waals surface area contributed by atoms with E-state index in [1.807, 2.05) is 25.2 Å². The molecule has 0 amide bonds. The molecule has 1 saturated carbocycles. The Morgan fingerprint density at radius 2 is 2.19 bits per heavy atom. The van der Waals surface area contributed by atoms with Crippen molar-refractivity contribution in [2.24, 2.45) is 5.92 Å². The summed E-state index contributed by atoms with van der Waals surface area (Å²) in [7, 11) is 1.87. The molecule has 1 aliphatic rings. The fourth-order valence-electron chi connectivity index (χ4n) is 1.46. The maximum absolute atomic E-state index is 5.53. The zero-order valence-electron chi connectivity index (χ0n) is 9.70. The van der Waals surface area contributed by atoms with Crippen LogP contribution in [0.3, 0.4) is 0 Å². The average Bonchev–Trinajstić information content (AvgIpc) is 3.13. The number of hydrogen-bond acceptors (Lipinski definition) is 4. The first-order valence-electron chi connectivity index (χ1n) is 5.85. The van der Waals surface area contributed by atoms with Gasteiger partial charge < -0.3 is 15.4 Å². The smallest absolute Gasteiger partial charge is 0.128 e. The second-order valence-corrected chi connectivity index (χ2v) is 4.10. The van der Waals surface area contributed by atoms with E-state index in [4.69, 9.17) is 4.74 Å². The molecule has 2 N–H and O–H groups in total. The molecule has 0 bridgehead atoms. The molecule has 0 aliphatic heterocycles. The van der Waals surface area contributed by atoms with Crippen molar-refractivity contribution in [1.29, 1.82) is 0 Å². The summed E-state index contributed by atoms with van der Waals surface area (Å²) in [6.07, 6.45) is 2.69. The molecule has 1 aliphatic carbocycles. The van der Waals surface area contributed by atoms with Gasteiger partial charge in [0.25, 0.3) is 0 Å². The molecule has 1 heterocycles. The van der Waals surface area contributed by atoms with Crippen LogP contribution in [0.1, 0.15) is 12.8 Å². The molecule has 0 saturated heterocycles. The Bertz CT molecular complexity index is 326. The fourth-order valence-corrected chi connectivity index (χ4v) is 1.46. The van der Waals surface area contributed by atoms with Gasteiger partial charge in [-0.3, -0.25) is 0 Å². The molecule has 0 unspecified atom stereocenters. The molecule has 1 aromatic rings. The summed E-state index contributed by atoms with van der Waals surface area (Å²) in [5.41, 5.74) is 0. The Morgan fingerprint density at radius 3 is 2.94 bits per heavy atom. The lowest BCUT2D eigenvalue weighted by Crippen LogP contribution is -2.11. The Hall–Kier alpha value is -1.29. The Labute approximate surface area is 96.4 Å². The van der Waals surface area contributed by atoms with E-state index < -0.39 is 0 Å². The number of nitrogens with one attached hydrogen (secondary N) is 2. The molecule has 0 atom stereocenters. The molecule has 0 spiro atoms. The van der Waals surface area contributed by atoms with Crippen LogP contribution in [0.2, 0.25) is 0 Å². The minimum atomic E-state index is 0.752. The van der Waals surface area contributed by atoms with E-state index in [1.165, 1.54) is 12.8 Å². The molecule has 1 aromatic heterocycles. The summed E-state index contributed by atoms with van der Waals surface area (Å²) < 4.78 is 5.53. The van der Waals surface area contributed by atoms with Crippen LogP contribution in [0.15, 0.2) is 18.2 Å². The monoisotopic (exact) mass is 221 g/mol. The molecule has 2 rings (SSSR count). The third-order valence-electron chi connectivity index (χ3n) is 2.61. The predicted molar refractivity (Wildman–Crippen MR) is 65.8 cm³/mol. The molecule has 0 radical (unpaired) electrons. The molecule has 0 aromatic carbocycles. The van der Waals surface area contributed by atoms with Gasteiger partial charge in [-0.2, -0.15) is 0 Å². The third kappa shape index (κ3) is 3.70. The lowest BCUT2D eigenvalue weighted by molar-refractivity contribution is 0.134. The Kier molecular flexibility index (Phi) is 3.99. The van der Waals surface area contributed by atoms with E-state index in [1.54, 1.807) is 0 Å². The lowest BCUT2D eigenvalue weighted by Gasteiger charge is -2.07. The van der Waals surface area contributed by atoms with Gasteiger partial charge in [0.2, 0.25) is 0 Å². The fraction of sp³-hybridized carbons (Fsp3) is 0.583. The van der Waals surface area contributed by atoms with E-state index in [-0.39, 0.29) is 0 Å². The van der Waals surface area contributed by atoms with E-state index in [2.05, 4.69) is 15.6 Å². The van der Waals surface area contributed by atoms with Crippen LogP contribution in [-0.4, -0.2) is 31.8 Å². The topological polar surface area (TPSA) is 46.2 Å². The maximum Gasteiger partial charge on any atom is 0.128 e. The highest BCUT2D eigenvalue weighted by Crippen LogP contribution is 2.28. The summed E-state index contributed by atoms with van der Waals surface area (Å²) in [5, 5.41) is 6.25. The molecule has 88 valence electrons. The number of ether oxygens (including phenoxy) is 1. The quantitative estimate of drug-likeness (QED) is 0.691. The lowest BCUT2D eigenvalue weighted by atomic mass is 10.4. The van der Waals surface area contributed by atoms with Crippen molar-refractivity contribution >= 4 is 11.6 Å². The molecule has 4 heteroatoms. The maximum atomic E-state index is 5.53. The van der Waals surface area contributed by atoms with Crippen LogP contribution in [0.25, 0.3) is 0 Å². The minimum Gasteiger partial charge on any atom is -0.379 e. The van der Waals surface area contributed by atoms with Crippen molar-refractivity contribution in [3.63, 3.8) is 0 Å². The Balaban J connectivity index is 1.63. The van der Waals surface area contributed by atoms with E-state index in [0.29, 0.717) is 0 Å². The second kappa shape index (κ2) is 5.70. The number of rotatable bonds is 7. The van der Waals surface area contributed by atoms with Gasteiger partial charge in [-0.15, -0.1) is 0 Å². The Morgan fingerprint density at radius 1 is 1.38 bits per heavy atom. The van der Waals surface area contributed by atoms with Gasteiger partial charge in [0.1, 0.15) is 11.6 Å². The van der Waals surface area contributed by atoms with Crippen molar-refractivity contribution in [2.75, 3.05) is 37.4 Å². The molecule has 16 heavy (non-hydrogen) atoms. The normalized spacial score (nSPS) is 14.8. The number of hydrogen-bond donors (Lipinski definition) is 2. The van der Waals surface area contributed by atoms with Crippen LogP contribution in [0.4, 0.5) is 11.6 Å². The van der Waals surface area contributed by atoms with Gasteiger partial charge in [0.15, 0.2) is 0 Å². The first-order valence-corrected chi connectivity index (χ1v) is 5.85. The van der Waals surface area contributed by atoms with Gasteiger partial charge in [0.05, 0.1) is 6.61 Å². The summed E-state index contributed by atoms with van der Waals surface area (Å²) in [6, 6.07) is 5.88. The highest BCUT2D eigenvalue weighted by molar-refractivity contribution is 5.44. The van der Waals surface area contributed by atoms with Crippen molar-refractivity contribution in [2.45, 2.75) is 12.8 Å². The van der Waals surface area contributed by atoms with Gasteiger partial charge in [-0.05, 0) is 30.9 Å². The van der Waals surface area contributed by atoms with Crippen molar-refractivity contribution in [3.8, 4) is 0 Å². The molecular weight excluding hydrogens is 202 g/mol. The van der Waals surface area contributed by atoms with Crippen molar-refractivity contribution in [3.05, 3.63) is 18.2 Å². The predicted octanol–water partition coefficient (Wildman–Crippen LogP) is 1.96. The standard InChI is InChI=1S/C12H19N3O/c1-13-11-3-2-4-12(15-11)14-7-8-16-9-10-5-6-10/h2-4,10H,5-9H2,1H3,(H2,13,14,15). The summed E-state index contributed by atoms with van der Waals surface area (Å²) >= 11 is 0. The first kappa shape index (κ1) is 11.2. The highest BCUT2D eigenvalue weighted by Gasteiger charge is 2.20. The van der Waals surface area contributed by atoms with Crippen molar-refractivity contribution in [1.82, 2.24) is 4.98 Å². The van der Waals surface area contributed by atoms with Crippen LogP contribution < -0.4 is 10.6 Å². The second-order valence-electron chi connectivity index (χ2n) is 4.10. The van der Waals surface area contributed by atoms with Gasteiger partial charge in [0, 0.05) is 20.2 Å². The van der Waals surface area contributed by atoms with Gasteiger partial charge >= 0.3 is 0 Å². The first-order chi connectivity index (χ1) is 7.88. The SMILES string of the molecule is CNc1cccc(NCCOCC2CC2)n1.